The molecule has 0 saturated carbocycles. The third-order valence-electron chi connectivity index (χ3n) is 8.75. The van der Waals surface area contributed by atoms with Gasteiger partial charge in [-0.2, -0.15) is 0 Å². The summed E-state index contributed by atoms with van der Waals surface area (Å²) < 4.78 is 5.98. The second kappa shape index (κ2) is 12.3. The number of piperazine rings is 1. The lowest BCUT2D eigenvalue weighted by Gasteiger charge is -2.31. The van der Waals surface area contributed by atoms with E-state index in [1.165, 1.54) is 6.92 Å². The largest absolute Gasteiger partial charge is 0.415 e. The molecule has 1 aromatic heterocycles. The van der Waals surface area contributed by atoms with Gasteiger partial charge in [-0.15, -0.1) is 0 Å². The van der Waals surface area contributed by atoms with Crippen LogP contribution in [0.3, 0.4) is 0 Å². The smallest absolute Gasteiger partial charge is 0.409 e. The summed E-state index contributed by atoms with van der Waals surface area (Å²) in [4.78, 5) is 60.1. The van der Waals surface area contributed by atoms with E-state index in [4.69, 9.17) is 4.74 Å². The Hall–Kier alpha value is -5.68. The number of benzene rings is 4. The van der Waals surface area contributed by atoms with E-state index in [1.807, 2.05) is 49.5 Å². The Morgan fingerprint density at radius 2 is 1.51 bits per heavy atom. The van der Waals surface area contributed by atoms with Crippen LogP contribution in [0.2, 0.25) is 0 Å². The number of amides is 4. The maximum Gasteiger partial charge on any atom is 0.415 e. The minimum absolute atomic E-state index is 0.186. The Kier molecular flexibility index (Phi) is 7.82. The molecular formula is C36H34N6O5. The summed E-state index contributed by atoms with van der Waals surface area (Å²) in [6, 6.07) is 23.5. The van der Waals surface area contributed by atoms with Crippen LogP contribution in [0.5, 0.6) is 5.75 Å². The van der Waals surface area contributed by atoms with Gasteiger partial charge in [0.15, 0.2) is 0 Å². The zero-order valence-electron chi connectivity index (χ0n) is 26.1. The molecule has 0 bridgehead atoms. The van der Waals surface area contributed by atoms with Gasteiger partial charge in [0.1, 0.15) is 11.4 Å². The number of aromatic nitrogens is 1. The lowest BCUT2D eigenvalue weighted by Crippen LogP contribution is -2.48. The first-order valence-corrected chi connectivity index (χ1v) is 15.6. The standard InChI is InChI=1S/C36H34N6O5/c1-22(43)37-25-9-7-23(8-10-25)34(44)38-26-11-12-30-24(19-26)20-31(39-30)35(45)42-14-13-28-27-5-3-4-6-29(27)33(21-32(28)42)47-36(46)41-17-15-40(2)16-18-41/h3-12,19-21,39H,13-18H2,1-2H3,(H,37,43)(H,38,44). The maximum absolute atomic E-state index is 13.9. The van der Waals surface area contributed by atoms with E-state index in [1.54, 1.807) is 46.2 Å². The highest BCUT2D eigenvalue weighted by Gasteiger charge is 2.30. The highest BCUT2D eigenvalue weighted by molar-refractivity contribution is 6.11. The number of carbonyl (C=O) groups is 4. The molecule has 7 rings (SSSR count). The Balaban J connectivity index is 1.11. The molecule has 0 spiro atoms. The highest BCUT2D eigenvalue weighted by atomic mass is 16.6. The van der Waals surface area contributed by atoms with E-state index in [0.29, 0.717) is 54.4 Å². The maximum atomic E-state index is 13.9. The fourth-order valence-electron chi connectivity index (χ4n) is 6.26. The molecule has 0 atom stereocenters. The number of anilines is 3. The first-order chi connectivity index (χ1) is 22.7. The number of rotatable bonds is 5. The molecule has 238 valence electrons. The van der Waals surface area contributed by atoms with E-state index in [9.17, 15) is 19.2 Å². The number of H-pyrrole nitrogens is 1. The van der Waals surface area contributed by atoms with Crippen molar-refractivity contribution in [2.75, 3.05) is 55.3 Å². The normalized spacial score (nSPS) is 14.7. The fourth-order valence-corrected chi connectivity index (χ4v) is 6.26. The predicted molar refractivity (Wildman–Crippen MR) is 181 cm³/mol. The second-order valence-corrected chi connectivity index (χ2v) is 12.0. The quantitative estimate of drug-likeness (QED) is 0.236. The topological polar surface area (TPSA) is 127 Å². The fraction of sp³-hybridized carbons (Fsp3) is 0.222. The van der Waals surface area contributed by atoms with Crippen molar-refractivity contribution >= 4 is 62.6 Å². The number of ether oxygens (including phenoxy) is 1. The second-order valence-electron chi connectivity index (χ2n) is 12.0. The van der Waals surface area contributed by atoms with Crippen molar-refractivity contribution in [2.45, 2.75) is 13.3 Å². The van der Waals surface area contributed by atoms with E-state index in [0.717, 1.165) is 46.0 Å². The van der Waals surface area contributed by atoms with Crippen molar-refractivity contribution in [1.29, 1.82) is 0 Å². The number of hydrogen-bond acceptors (Lipinski definition) is 6. The van der Waals surface area contributed by atoms with E-state index in [2.05, 4.69) is 20.5 Å². The van der Waals surface area contributed by atoms with Crippen LogP contribution >= 0.6 is 0 Å². The summed E-state index contributed by atoms with van der Waals surface area (Å²) in [6.45, 7) is 4.69. The molecule has 5 aromatic rings. The molecule has 11 heteroatoms. The molecule has 11 nitrogen and oxygen atoms in total. The van der Waals surface area contributed by atoms with Gasteiger partial charge in [-0.3, -0.25) is 14.4 Å². The Labute approximate surface area is 271 Å². The monoisotopic (exact) mass is 630 g/mol. The molecule has 1 saturated heterocycles. The van der Waals surface area contributed by atoms with Crippen LogP contribution in [0.4, 0.5) is 21.9 Å². The molecule has 3 heterocycles. The molecule has 2 aliphatic heterocycles. The molecule has 0 aliphatic carbocycles. The Morgan fingerprint density at radius 1 is 0.787 bits per heavy atom. The lowest BCUT2D eigenvalue weighted by molar-refractivity contribution is -0.114. The first kappa shape index (κ1) is 30.0. The van der Waals surface area contributed by atoms with Gasteiger partial charge in [0, 0.05) is 78.9 Å². The molecule has 3 N–H and O–H groups in total. The van der Waals surface area contributed by atoms with Crippen molar-refractivity contribution in [3.05, 3.63) is 95.7 Å². The van der Waals surface area contributed by atoms with Crippen molar-refractivity contribution < 1.29 is 23.9 Å². The predicted octanol–water partition coefficient (Wildman–Crippen LogP) is 5.48. The number of hydrogen-bond donors (Lipinski definition) is 3. The van der Waals surface area contributed by atoms with Gasteiger partial charge in [-0.05, 0) is 72.9 Å². The molecule has 1 fully saturated rings. The molecule has 47 heavy (non-hydrogen) atoms. The van der Waals surface area contributed by atoms with Crippen LogP contribution in [0.1, 0.15) is 33.3 Å². The Morgan fingerprint density at radius 3 is 2.26 bits per heavy atom. The number of likely N-dealkylation sites (N-methyl/N-ethyl adjacent to an activating group) is 1. The summed E-state index contributed by atoms with van der Waals surface area (Å²) >= 11 is 0. The molecule has 0 unspecified atom stereocenters. The third kappa shape index (κ3) is 6.00. The first-order valence-electron chi connectivity index (χ1n) is 15.6. The zero-order valence-corrected chi connectivity index (χ0v) is 26.1. The van der Waals surface area contributed by atoms with E-state index < -0.39 is 0 Å². The van der Waals surface area contributed by atoms with Crippen LogP contribution in [-0.4, -0.2) is 78.4 Å². The zero-order chi connectivity index (χ0) is 32.7. The Bertz CT molecular complexity index is 2040. The van der Waals surface area contributed by atoms with E-state index in [-0.39, 0.29) is 23.8 Å². The molecule has 0 radical (unpaired) electrons. The van der Waals surface area contributed by atoms with Crippen molar-refractivity contribution in [3.63, 3.8) is 0 Å². The molecule has 4 amide bonds. The average molecular weight is 631 g/mol. The number of aromatic amines is 1. The van der Waals surface area contributed by atoms with Crippen molar-refractivity contribution in [2.24, 2.45) is 0 Å². The van der Waals surface area contributed by atoms with Gasteiger partial charge < -0.3 is 35.1 Å². The summed E-state index contributed by atoms with van der Waals surface area (Å²) in [5.41, 5.74) is 4.57. The van der Waals surface area contributed by atoms with Crippen LogP contribution in [0, 0.1) is 0 Å². The van der Waals surface area contributed by atoms with Gasteiger partial charge in [0.2, 0.25) is 5.91 Å². The van der Waals surface area contributed by atoms with Crippen LogP contribution in [0.15, 0.2) is 78.9 Å². The van der Waals surface area contributed by atoms with Gasteiger partial charge in [0.25, 0.3) is 11.8 Å². The summed E-state index contributed by atoms with van der Waals surface area (Å²) in [5.74, 6) is -0.244. The minimum Gasteiger partial charge on any atom is -0.409 e. The molecule has 4 aromatic carbocycles. The van der Waals surface area contributed by atoms with Crippen molar-refractivity contribution in [1.82, 2.24) is 14.8 Å². The number of nitrogens with zero attached hydrogens (tertiary/aromatic N) is 3. The highest BCUT2D eigenvalue weighted by Crippen LogP contribution is 2.41. The summed E-state index contributed by atoms with van der Waals surface area (Å²) in [7, 11) is 2.03. The van der Waals surface area contributed by atoms with Crippen molar-refractivity contribution in [3.8, 4) is 5.75 Å². The summed E-state index contributed by atoms with van der Waals surface area (Å²) in [6.07, 6.45) is 0.288. The third-order valence-corrected chi connectivity index (χ3v) is 8.75. The van der Waals surface area contributed by atoms with Crippen LogP contribution in [0.25, 0.3) is 21.7 Å². The summed E-state index contributed by atoms with van der Waals surface area (Å²) in [5, 5.41) is 8.15. The molecule has 2 aliphatic rings. The van der Waals surface area contributed by atoms with Gasteiger partial charge in [0.05, 0.1) is 5.69 Å². The number of carbonyl (C=O) groups excluding carboxylic acids is 4. The lowest BCUT2D eigenvalue weighted by atomic mass is 10.0. The average Bonchev–Trinajstić information content (AvgIpc) is 3.69. The SMILES string of the molecule is CC(=O)Nc1ccc(C(=O)Nc2ccc3[nH]c(C(=O)N4CCc5c4cc(OC(=O)N4CCN(C)CC4)c4ccccc54)cc3c2)cc1. The van der Waals surface area contributed by atoms with Gasteiger partial charge >= 0.3 is 6.09 Å². The minimum atomic E-state index is -0.389. The molecular weight excluding hydrogens is 596 g/mol. The number of fused-ring (bicyclic) bond motifs is 4. The van der Waals surface area contributed by atoms with Crippen LogP contribution in [-0.2, 0) is 11.2 Å². The van der Waals surface area contributed by atoms with Gasteiger partial charge in [-0.1, -0.05) is 24.3 Å². The van der Waals surface area contributed by atoms with Gasteiger partial charge in [-0.25, -0.2) is 4.79 Å². The van der Waals surface area contributed by atoms with E-state index >= 15 is 0 Å². The van der Waals surface area contributed by atoms with Crippen LogP contribution < -0.4 is 20.3 Å². The number of nitrogens with one attached hydrogen (secondary N) is 3.